The van der Waals surface area contributed by atoms with Gasteiger partial charge in [0.1, 0.15) is 12.4 Å². The minimum absolute atomic E-state index is 0.0609. The number of carbonyl (C=O) groups excluding carboxylic acids is 1. The zero-order chi connectivity index (χ0) is 15.5. The van der Waals surface area contributed by atoms with E-state index in [2.05, 4.69) is 9.97 Å². The quantitative estimate of drug-likeness (QED) is 0.751. The fourth-order valence-corrected chi connectivity index (χ4v) is 2.28. The Morgan fingerprint density at radius 2 is 2.14 bits per heavy atom. The molecular weight excluding hydrogens is 304 g/mol. The summed E-state index contributed by atoms with van der Waals surface area (Å²) in [5.74, 6) is 0.439. The Balaban J connectivity index is 1.95. The minimum Gasteiger partial charge on any atom is -0.486 e. The van der Waals surface area contributed by atoms with Gasteiger partial charge in [0.15, 0.2) is 6.29 Å². The predicted molar refractivity (Wildman–Crippen MR) is 83.5 cm³/mol. The van der Waals surface area contributed by atoms with E-state index >= 15 is 0 Å². The van der Waals surface area contributed by atoms with Crippen molar-refractivity contribution in [1.82, 2.24) is 9.97 Å². The molecule has 0 unspecified atom stereocenters. The number of halogens is 1. The van der Waals surface area contributed by atoms with Gasteiger partial charge in [-0.2, -0.15) is 0 Å². The van der Waals surface area contributed by atoms with Crippen molar-refractivity contribution >= 4 is 28.8 Å². The first-order valence-electron chi connectivity index (χ1n) is 6.52. The van der Waals surface area contributed by atoms with E-state index in [0.717, 1.165) is 5.69 Å². The first-order chi connectivity index (χ1) is 10.7. The number of aromatic amines is 1. The number of nitrogens with one attached hydrogen (secondary N) is 1. The normalized spacial score (nSPS) is 10.6. The maximum atomic E-state index is 11.7. The lowest BCUT2D eigenvalue weighted by atomic mass is 10.1. The van der Waals surface area contributed by atoms with E-state index in [0.29, 0.717) is 28.0 Å². The van der Waals surface area contributed by atoms with Gasteiger partial charge in [0.25, 0.3) is 5.56 Å². The number of aromatic nitrogens is 2. The van der Waals surface area contributed by atoms with Gasteiger partial charge in [-0.3, -0.25) is 14.6 Å². The zero-order valence-corrected chi connectivity index (χ0v) is 12.1. The van der Waals surface area contributed by atoms with E-state index in [-0.39, 0.29) is 12.2 Å². The molecule has 0 aliphatic rings. The van der Waals surface area contributed by atoms with Crippen molar-refractivity contribution in [3.63, 3.8) is 0 Å². The molecule has 2 heterocycles. The van der Waals surface area contributed by atoms with Gasteiger partial charge in [-0.1, -0.05) is 17.7 Å². The third-order valence-electron chi connectivity index (χ3n) is 3.15. The minimum atomic E-state index is -0.444. The lowest BCUT2D eigenvalue weighted by Crippen LogP contribution is -2.11. The van der Waals surface area contributed by atoms with Crippen molar-refractivity contribution in [3.8, 4) is 5.75 Å². The average Bonchev–Trinajstić information content (AvgIpc) is 2.54. The number of pyridine rings is 2. The number of hydrogen-bond donors (Lipinski definition) is 1. The van der Waals surface area contributed by atoms with E-state index < -0.39 is 5.56 Å². The lowest BCUT2D eigenvalue weighted by Gasteiger charge is -2.09. The van der Waals surface area contributed by atoms with E-state index in [1.54, 1.807) is 18.3 Å². The molecular formula is C16H11ClN2O3. The summed E-state index contributed by atoms with van der Waals surface area (Å²) in [5, 5.41) is 1.06. The second-order valence-electron chi connectivity index (χ2n) is 4.65. The van der Waals surface area contributed by atoms with E-state index in [1.807, 2.05) is 18.2 Å². The second-order valence-corrected chi connectivity index (χ2v) is 5.06. The number of carbonyl (C=O) groups is 1. The van der Waals surface area contributed by atoms with Crippen molar-refractivity contribution < 1.29 is 9.53 Å². The van der Waals surface area contributed by atoms with Crippen molar-refractivity contribution in [2.75, 3.05) is 0 Å². The molecule has 0 amide bonds. The molecule has 2 aromatic heterocycles. The molecule has 0 aliphatic carbocycles. The van der Waals surface area contributed by atoms with Crippen LogP contribution in [0.3, 0.4) is 0 Å². The molecule has 0 fully saturated rings. The number of aldehydes is 1. The molecule has 110 valence electrons. The highest BCUT2D eigenvalue weighted by atomic mass is 35.5. The van der Waals surface area contributed by atoms with Gasteiger partial charge in [-0.15, -0.1) is 0 Å². The first-order valence-corrected chi connectivity index (χ1v) is 6.89. The first kappa shape index (κ1) is 14.3. The van der Waals surface area contributed by atoms with Crippen LogP contribution in [0.25, 0.3) is 10.9 Å². The van der Waals surface area contributed by atoms with Crippen LogP contribution in [0.15, 0.2) is 47.4 Å². The van der Waals surface area contributed by atoms with E-state index in [9.17, 15) is 9.59 Å². The predicted octanol–water partition coefficient (Wildman–Crippen LogP) is 2.97. The molecule has 3 aromatic rings. The second kappa shape index (κ2) is 5.99. The Morgan fingerprint density at radius 1 is 1.27 bits per heavy atom. The fourth-order valence-electron chi connectivity index (χ4n) is 2.06. The van der Waals surface area contributed by atoms with Crippen LogP contribution in [0.1, 0.15) is 16.1 Å². The molecule has 0 bridgehead atoms. The molecule has 3 rings (SSSR count). The Bertz CT molecular complexity index is 891. The molecule has 0 radical (unpaired) electrons. The van der Waals surface area contributed by atoms with Gasteiger partial charge >= 0.3 is 0 Å². The number of rotatable bonds is 4. The highest BCUT2D eigenvalue weighted by Crippen LogP contribution is 2.29. The molecule has 0 spiro atoms. The number of fused-ring (bicyclic) bond motifs is 1. The van der Waals surface area contributed by atoms with E-state index in [1.165, 1.54) is 6.07 Å². The van der Waals surface area contributed by atoms with Gasteiger partial charge in [-0.05, 0) is 24.3 Å². The van der Waals surface area contributed by atoms with Crippen molar-refractivity contribution in [2.24, 2.45) is 0 Å². The molecule has 0 saturated carbocycles. The Hall–Kier alpha value is -2.66. The molecule has 0 atom stereocenters. The highest BCUT2D eigenvalue weighted by molar-refractivity contribution is 6.32. The van der Waals surface area contributed by atoms with Gasteiger partial charge in [0.05, 0.1) is 21.8 Å². The van der Waals surface area contributed by atoms with E-state index in [4.69, 9.17) is 16.3 Å². The Morgan fingerprint density at radius 3 is 2.86 bits per heavy atom. The van der Waals surface area contributed by atoms with Crippen LogP contribution < -0.4 is 10.3 Å². The van der Waals surface area contributed by atoms with Crippen LogP contribution in [-0.4, -0.2) is 16.3 Å². The summed E-state index contributed by atoms with van der Waals surface area (Å²) in [6.45, 7) is 0.267. The number of ether oxygens (including phenoxy) is 1. The SMILES string of the molecule is O=Cc1cc2cc(Cl)c(OCc3ccccn3)cc2[nH]c1=O. The third kappa shape index (κ3) is 2.84. The van der Waals surface area contributed by atoms with Crippen molar-refractivity contribution in [3.05, 3.63) is 69.2 Å². The summed E-state index contributed by atoms with van der Waals surface area (Å²) in [7, 11) is 0. The standard InChI is InChI=1S/C16H11ClN2O3/c17-13-6-10-5-11(8-20)16(21)19-14(10)7-15(13)22-9-12-3-1-2-4-18-12/h1-8H,9H2,(H,19,21). The van der Waals surface area contributed by atoms with Crippen LogP contribution in [-0.2, 0) is 6.61 Å². The average molecular weight is 315 g/mol. The van der Waals surface area contributed by atoms with Gasteiger partial charge in [0.2, 0.25) is 0 Å². The van der Waals surface area contributed by atoms with Gasteiger partial charge in [0, 0.05) is 17.6 Å². The summed E-state index contributed by atoms with van der Waals surface area (Å²) >= 11 is 6.18. The van der Waals surface area contributed by atoms with Crippen molar-refractivity contribution in [1.29, 1.82) is 0 Å². The van der Waals surface area contributed by atoms with Gasteiger partial charge < -0.3 is 9.72 Å². The van der Waals surface area contributed by atoms with Crippen LogP contribution in [0, 0.1) is 0 Å². The summed E-state index contributed by atoms with van der Waals surface area (Å²) in [5.41, 5.74) is 0.936. The lowest BCUT2D eigenvalue weighted by molar-refractivity contribution is 0.112. The highest BCUT2D eigenvalue weighted by Gasteiger charge is 2.08. The number of H-pyrrole nitrogens is 1. The molecule has 22 heavy (non-hydrogen) atoms. The Kier molecular flexibility index (Phi) is 3.89. The molecule has 1 N–H and O–H groups in total. The summed E-state index contributed by atoms with van der Waals surface area (Å²) in [6.07, 6.45) is 2.19. The van der Waals surface area contributed by atoms with Crippen LogP contribution in [0.5, 0.6) is 5.75 Å². The Labute approximate surface area is 130 Å². The summed E-state index contributed by atoms with van der Waals surface area (Å²) < 4.78 is 5.64. The molecule has 0 saturated heterocycles. The molecule has 1 aromatic carbocycles. The van der Waals surface area contributed by atoms with Gasteiger partial charge in [-0.25, -0.2) is 0 Å². The summed E-state index contributed by atoms with van der Waals surface area (Å²) in [6, 6.07) is 10.3. The van der Waals surface area contributed by atoms with Crippen molar-refractivity contribution in [2.45, 2.75) is 6.61 Å². The fraction of sp³-hybridized carbons (Fsp3) is 0.0625. The molecule has 0 aliphatic heterocycles. The molecule has 6 heteroatoms. The zero-order valence-electron chi connectivity index (χ0n) is 11.4. The number of benzene rings is 1. The smallest absolute Gasteiger partial charge is 0.259 e. The monoisotopic (exact) mass is 314 g/mol. The van der Waals surface area contributed by atoms with Crippen LogP contribution >= 0.6 is 11.6 Å². The maximum Gasteiger partial charge on any atom is 0.259 e. The largest absolute Gasteiger partial charge is 0.486 e. The van der Waals surface area contributed by atoms with Crippen LogP contribution in [0.4, 0.5) is 0 Å². The summed E-state index contributed by atoms with van der Waals surface area (Å²) in [4.78, 5) is 29.3. The molecule has 5 nitrogen and oxygen atoms in total. The third-order valence-corrected chi connectivity index (χ3v) is 3.45. The topological polar surface area (TPSA) is 72.0 Å². The number of hydrogen-bond acceptors (Lipinski definition) is 4. The maximum absolute atomic E-state index is 11.7. The number of nitrogens with zero attached hydrogens (tertiary/aromatic N) is 1. The van der Waals surface area contributed by atoms with Crippen LogP contribution in [0.2, 0.25) is 5.02 Å².